The van der Waals surface area contributed by atoms with Crippen molar-refractivity contribution in [3.8, 4) is 0 Å². The number of esters is 1. The molecule has 14 atom stereocenters. The van der Waals surface area contributed by atoms with Gasteiger partial charge in [0, 0.05) is 36.6 Å². The van der Waals surface area contributed by atoms with E-state index in [9.17, 15) is 19.5 Å². The van der Waals surface area contributed by atoms with Crippen molar-refractivity contribution in [2.24, 2.45) is 28.8 Å². The number of aliphatic hydroxyl groups is 1. The van der Waals surface area contributed by atoms with Gasteiger partial charge in [0.25, 0.3) is 0 Å². The van der Waals surface area contributed by atoms with Crippen LogP contribution in [-0.4, -0.2) is 128 Å². The number of nitrogens with one attached hydrogen (secondary N) is 1. The van der Waals surface area contributed by atoms with Crippen molar-refractivity contribution < 1.29 is 52.7 Å². The summed E-state index contributed by atoms with van der Waals surface area (Å²) in [5, 5.41) is 19.0. The fourth-order valence-corrected chi connectivity index (χ4v) is 9.25. The number of hydrogen-bond donors (Lipinski definition) is 2. The van der Waals surface area contributed by atoms with Gasteiger partial charge in [-0.3, -0.25) is 9.59 Å². The Morgan fingerprint density at radius 1 is 1.04 bits per heavy atom. The molecule has 1 aromatic rings. The van der Waals surface area contributed by atoms with Gasteiger partial charge < -0.3 is 48.6 Å². The number of likely N-dealkylation sites (N-methyl/N-ethyl adjacent to an activating group) is 1. The minimum Gasteiger partial charge on any atom is -0.458 e. The molecule has 2 N–H and O–H groups in total. The third-order valence-corrected chi connectivity index (χ3v) is 12.4. The predicted octanol–water partition coefficient (Wildman–Crippen LogP) is 4.68. The minimum atomic E-state index is -1.32. The highest BCUT2D eigenvalue weighted by molar-refractivity contribution is 5.86. The van der Waals surface area contributed by atoms with Gasteiger partial charge >= 0.3 is 12.1 Å². The molecule has 0 aromatic heterocycles. The summed E-state index contributed by atoms with van der Waals surface area (Å²) in [6.45, 7) is 15.3. The van der Waals surface area contributed by atoms with Gasteiger partial charge in [-0.2, -0.15) is 0 Å². The molecule has 5 rings (SSSR count). The number of aliphatic hydroxyl groups excluding tert-OH is 1. The maximum atomic E-state index is 14.5. The number of cyclic esters (lactones) is 1. The third-order valence-electron chi connectivity index (χ3n) is 12.4. The lowest BCUT2D eigenvalue weighted by molar-refractivity contribution is -0.304. The van der Waals surface area contributed by atoms with Gasteiger partial charge in [-0.25, -0.2) is 4.79 Å². The number of hydrogen-bond acceptors (Lipinski definition) is 13. The first-order valence-electron chi connectivity index (χ1n) is 20.3. The average molecular weight is 788 g/mol. The summed E-state index contributed by atoms with van der Waals surface area (Å²) >= 11 is 0. The fraction of sp³-hybridized carbons (Fsp3) is 0.762. The first-order chi connectivity index (χ1) is 26.5. The van der Waals surface area contributed by atoms with E-state index in [4.69, 9.17) is 33.3 Å². The molecule has 1 amide bonds. The van der Waals surface area contributed by atoms with Crippen LogP contribution in [0.2, 0.25) is 0 Å². The smallest absolute Gasteiger partial charge is 0.408 e. The first kappa shape index (κ1) is 44.0. The standard InChI is InChI=1S/C42H65N3O11/c1-11-32-42(8)36(43-40(49)56-42)26(4)33(46)24(2)22-41(7)37(55-39-34(47)31(45(9)10)21-25(3)53-39)27(5)35(28(6)38(48)54-32)50-23-30(18-19-51-41)44-52-20-17-29-15-13-12-14-16-29/h12-16,24-28,31-32,34-37,39,47H,11,17-23H2,1-10H3,(H,43,49)/b44-30-/t24-,25-,26+,27+,28-,31+,32-,34-,35+,36-,37-,39+,41-,42-/m1/s1. The largest absolute Gasteiger partial charge is 0.458 e. The van der Waals surface area contributed by atoms with E-state index in [2.05, 4.69) is 10.5 Å². The number of ether oxygens (including phenoxy) is 6. The molecule has 2 bridgehead atoms. The van der Waals surface area contributed by atoms with Crippen molar-refractivity contribution in [1.82, 2.24) is 10.2 Å². The molecule has 0 radical (unpaired) electrons. The number of alkyl carbamates (subject to hydrolysis) is 1. The highest BCUT2D eigenvalue weighted by Gasteiger charge is 2.57. The van der Waals surface area contributed by atoms with Crippen molar-refractivity contribution >= 4 is 23.6 Å². The van der Waals surface area contributed by atoms with Gasteiger partial charge in [0.2, 0.25) is 0 Å². The molecule has 314 valence electrons. The van der Waals surface area contributed by atoms with E-state index >= 15 is 0 Å². The van der Waals surface area contributed by atoms with E-state index in [1.165, 1.54) is 0 Å². The normalized spacial score (nSPS) is 41.0. The third kappa shape index (κ3) is 9.75. The van der Waals surface area contributed by atoms with E-state index in [0.717, 1.165) is 5.56 Å². The van der Waals surface area contributed by atoms with Crippen LogP contribution in [0.3, 0.4) is 0 Å². The van der Waals surface area contributed by atoms with Crippen LogP contribution in [0.5, 0.6) is 0 Å². The second-order valence-corrected chi connectivity index (χ2v) is 17.0. The Kier molecular flexibility index (Phi) is 14.6. The molecule has 14 nitrogen and oxygen atoms in total. The number of fused-ring (bicyclic) bond motifs is 4. The van der Waals surface area contributed by atoms with E-state index < -0.39 is 83.7 Å². The summed E-state index contributed by atoms with van der Waals surface area (Å²) in [5.74, 6) is -3.41. The summed E-state index contributed by atoms with van der Waals surface area (Å²) < 4.78 is 38.9. The van der Waals surface area contributed by atoms with Crippen LogP contribution in [0.25, 0.3) is 0 Å². The molecule has 56 heavy (non-hydrogen) atoms. The van der Waals surface area contributed by atoms with Gasteiger partial charge in [-0.15, -0.1) is 0 Å². The van der Waals surface area contributed by atoms with Gasteiger partial charge in [0.15, 0.2) is 11.9 Å². The molecule has 4 aliphatic heterocycles. The quantitative estimate of drug-likeness (QED) is 0.213. The Morgan fingerprint density at radius 2 is 1.75 bits per heavy atom. The van der Waals surface area contributed by atoms with Crippen molar-refractivity contribution in [2.75, 3.05) is 33.9 Å². The van der Waals surface area contributed by atoms with Crippen LogP contribution in [0.1, 0.15) is 86.6 Å². The molecule has 4 fully saturated rings. The number of ketones is 1. The summed E-state index contributed by atoms with van der Waals surface area (Å²) in [4.78, 5) is 49.4. The van der Waals surface area contributed by atoms with Gasteiger partial charge in [-0.05, 0) is 66.6 Å². The van der Waals surface area contributed by atoms with E-state index in [1.54, 1.807) is 20.8 Å². The zero-order chi connectivity index (χ0) is 40.9. The fourth-order valence-electron chi connectivity index (χ4n) is 9.25. The summed E-state index contributed by atoms with van der Waals surface area (Å²) in [6, 6.07) is 8.99. The number of carbonyl (C=O) groups is 3. The topological polar surface area (TPSA) is 164 Å². The second kappa shape index (κ2) is 18.6. The first-order valence-corrected chi connectivity index (χ1v) is 20.3. The number of oxime groups is 1. The number of Topliss-reactive ketones (excluding diaryl/α,β-unsaturated/α-hetero) is 1. The van der Waals surface area contributed by atoms with Crippen LogP contribution < -0.4 is 5.32 Å². The number of rotatable bonds is 8. The van der Waals surface area contributed by atoms with Crippen molar-refractivity contribution in [3.63, 3.8) is 0 Å². The molecule has 0 saturated carbocycles. The summed E-state index contributed by atoms with van der Waals surface area (Å²) in [5.41, 5.74) is -0.776. The number of benzene rings is 1. The maximum Gasteiger partial charge on any atom is 0.408 e. The molecule has 0 aliphatic carbocycles. The number of nitrogens with zero attached hydrogens (tertiary/aromatic N) is 2. The van der Waals surface area contributed by atoms with Crippen molar-refractivity contribution in [2.45, 2.75) is 148 Å². The highest BCUT2D eigenvalue weighted by Crippen LogP contribution is 2.42. The van der Waals surface area contributed by atoms with Crippen LogP contribution in [0.4, 0.5) is 4.79 Å². The lowest BCUT2D eigenvalue weighted by atomic mass is 9.73. The zero-order valence-electron chi connectivity index (χ0n) is 34.9. The van der Waals surface area contributed by atoms with Crippen molar-refractivity contribution in [1.29, 1.82) is 0 Å². The van der Waals surface area contributed by atoms with Gasteiger partial charge in [-0.1, -0.05) is 63.2 Å². The molecular weight excluding hydrogens is 722 g/mol. The van der Waals surface area contributed by atoms with Gasteiger partial charge in [0.1, 0.15) is 24.6 Å². The Labute approximate surface area is 332 Å². The molecule has 0 unspecified atom stereocenters. The minimum absolute atomic E-state index is 0.0397. The Morgan fingerprint density at radius 3 is 2.43 bits per heavy atom. The molecule has 1 aromatic carbocycles. The van der Waals surface area contributed by atoms with Crippen LogP contribution >= 0.6 is 0 Å². The maximum absolute atomic E-state index is 14.5. The lowest BCUT2D eigenvalue weighted by Gasteiger charge is -2.49. The van der Waals surface area contributed by atoms with Crippen LogP contribution in [-0.2, 0) is 49.3 Å². The summed E-state index contributed by atoms with van der Waals surface area (Å²) in [6.07, 6.45) is -3.31. The van der Waals surface area contributed by atoms with Gasteiger partial charge in [0.05, 0.1) is 54.8 Å². The summed E-state index contributed by atoms with van der Waals surface area (Å²) in [7, 11) is 3.82. The second-order valence-electron chi connectivity index (χ2n) is 17.0. The molecular formula is C42H65N3O11. The average Bonchev–Trinajstić information content (AvgIpc) is 3.47. The van der Waals surface area contributed by atoms with E-state index in [-0.39, 0.29) is 37.6 Å². The SMILES string of the molecule is CC[C@H]1OC(=O)[C@H](C)[C@H]2OC/C(=N\OCCc3ccccc3)CCO[C@](C)(C[C@@H](C)C(=O)[C@H](C)[C@H]3NC(=O)O[C@@]31C)[C@H](O[C@@H]1O[C@H](C)C[C@H](N(C)C)[C@H]1O)[C@H]2C. The molecule has 14 heteroatoms. The molecule has 4 saturated heterocycles. The molecule has 4 aliphatic rings. The van der Waals surface area contributed by atoms with Crippen molar-refractivity contribution in [3.05, 3.63) is 35.9 Å². The van der Waals surface area contributed by atoms with E-state index in [1.807, 2.05) is 83.9 Å². The van der Waals surface area contributed by atoms with Crippen LogP contribution in [0, 0.1) is 23.7 Å². The van der Waals surface area contributed by atoms with Crippen LogP contribution in [0.15, 0.2) is 35.5 Å². The monoisotopic (exact) mass is 787 g/mol. The lowest BCUT2D eigenvalue weighted by Crippen LogP contribution is -2.61. The van der Waals surface area contributed by atoms with E-state index in [0.29, 0.717) is 38.0 Å². The molecule has 0 spiro atoms. The zero-order valence-corrected chi connectivity index (χ0v) is 34.9. The Bertz CT molecular complexity index is 1530. The Balaban J connectivity index is 1.56. The number of carbonyl (C=O) groups excluding carboxylic acids is 3. The predicted molar refractivity (Wildman–Crippen MR) is 208 cm³/mol. The highest BCUT2D eigenvalue weighted by atomic mass is 16.7. The molecule has 4 heterocycles. The Hall–Kier alpha value is -3.14. The number of amides is 1.